The summed E-state index contributed by atoms with van der Waals surface area (Å²) < 4.78 is 10.2. The van der Waals surface area contributed by atoms with Gasteiger partial charge >= 0.3 is 5.97 Å². The topological polar surface area (TPSA) is 120 Å². The van der Waals surface area contributed by atoms with Gasteiger partial charge in [-0.2, -0.15) is 0 Å². The smallest absolute Gasteiger partial charge is 0.340 e. The number of rotatable bonds is 6. The average Bonchev–Trinajstić information content (AvgIpc) is 2.82. The molecule has 4 rings (SSSR count). The van der Waals surface area contributed by atoms with E-state index in [0.29, 0.717) is 28.7 Å². The number of benzene rings is 1. The molecule has 0 radical (unpaired) electrons. The monoisotopic (exact) mass is 482 g/mol. The van der Waals surface area contributed by atoms with Gasteiger partial charge in [-0.15, -0.1) is 0 Å². The van der Waals surface area contributed by atoms with Crippen LogP contribution >= 0.6 is 11.6 Å². The third kappa shape index (κ3) is 6.30. The Labute approximate surface area is 202 Å². The van der Waals surface area contributed by atoms with E-state index in [2.05, 4.69) is 33.5 Å². The summed E-state index contributed by atoms with van der Waals surface area (Å²) in [6, 6.07) is 9.10. The van der Waals surface area contributed by atoms with E-state index in [0.717, 1.165) is 22.7 Å². The number of methoxy groups -OCH3 is 1. The minimum atomic E-state index is -0.469. The number of aromatic amines is 1. The number of nitrogens with one attached hydrogen (secondary N) is 1. The molecule has 0 fully saturated rings. The summed E-state index contributed by atoms with van der Waals surface area (Å²) >= 11 is 5.66. The van der Waals surface area contributed by atoms with Gasteiger partial charge < -0.3 is 20.2 Å². The van der Waals surface area contributed by atoms with Crippen LogP contribution in [0.15, 0.2) is 59.9 Å². The van der Waals surface area contributed by atoms with E-state index in [4.69, 9.17) is 22.1 Å². The van der Waals surface area contributed by atoms with Gasteiger partial charge in [0.25, 0.3) is 5.56 Å². The molecule has 0 aliphatic heterocycles. The van der Waals surface area contributed by atoms with E-state index >= 15 is 0 Å². The molecule has 1 atom stereocenters. The molecule has 0 unspecified atom stereocenters. The lowest BCUT2D eigenvalue weighted by atomic mass is 10.1. The number of halogens is 1. The lowest BCUT2D eigenvalue weighted by Gasteiger charge is -2.15. The molecule has 0 saturated heterocycles. The number of hydrogen-bond acceptors (Lipinski definition) is 7. The van der Waals surface area contributed by atoms with Crippen LogP contribution in [0.25, 0.3) is 21.7 Å². The van der Waals surface area contributed by atoms with Crippen LogP contribution in [0.1, 0.15) is 30.6 Å². The predicted molar refractivity (Wildman–Crippen MR) is 133 cm³/mol. The zero-order valence-corrected chi connectivity index (χ0v) is 20.0. The lowest BCUT2D eigenvalue weighted by Crippen LogP contribution is -2.29. The third-order valence-corrected chi connectivity index (χ3v) is 5.34. The molecule has 0 spiro atoms. The molecule has 178 valence electrons. The maximum absolute atomic E-state index is 12.1. The van der Waals surface area contributed by atoms with Crippen molar-refractivity contribution in [1.82, 2.24) is 15.0 Å². The van der Waals surface area contributed by atoms with Gasteiger partial charge in [-0.1, -0.05) is 25.4 Å². The number of pyridine rings is 3. The standard InChI is InChI=1S/C18H21N3O2.C7H6ClNO2/c1-11(2)7-12(19)10-23-13-3-4-15-14-5-6-20-9-16(14)18(22)21-17(15)8-13;1-11-7(10)5-4-9-3-2-6(5)8/h3-6,8-9,11-12H,7,10,19H2,1-2H3,(H,21,22);2-4H,1H3/t12-;/m0./s1. The first kappa shape index (κ1) is 25.1. The number of esters is 1. The van der Waals surface area contributed by atoms with Crippen LogP contribution < -0.4 is 16.0 Å². The quantitative estimate of drug-likeness (QED) is 0.309. The fourth-order valence-corrected chi connectivity index (χ4v) is 3.65. The highest BCUT2D eigenvalue weighted by atomic mass is 35.5. The number of ether oxygens (including phenoxy) is 2. The minimum absolute atomic E-state index is 0.00687. The van der Waals surface area contributed by atoms with Gasteiger partial charge in [0.05, 0.1) is 28.6 Å². The summed E-state index contributed by atoms with van der Waals surface area (Å²) in [5.74, 6) is 0.783. The van der Waals surface area contributed by atoms with Gasteiger partial charge in [0.15, 0.2) is 0 Å². The minimum Gasteiger partial charge on any atom is -0.492 e. The van der Waals surface area contributed by atoms with E-state index in [1.807, 2.05) is 24.3 Å². The summed E-state index contributed by atoms with van der Waals surface area (Å²) in [4.78, 5) is 33.6. The molecular formula is C25H27ClN4O4. The summed E-state index contributed by atoms with van der Waals surface area (Å²) in [6.45, 7) is 4.74. The number of aromatic nitrogens is 3. The van der Waals surface area contributed by atoms with Crippen molar-refractivity contribution in [2.24, 2.45) is 11.7 Å². The van der Waals surface area contributed by atoms with Crippen LogP contribution in [0.4, 0.5) is 0 Å². The maximum atomic E-state index is 12.1. The Kier molecular flexibility index (Phi) is 8.56. The second kappa shape index (κ2) is 11.6. The van der Waals surface area contributed by atoms with E-state index < -0.39 is 5.97 Å². The number of carbonyl (C=O) groups is 1. The van der Waals surface area contributed by atoms with Gasteiger partial charge in [0.2, 0.25) is 0 Å². The van der Waals surface area contributed by atoms with Crippen LogP contribution in [0.5, 0.6) is 5.75 Å². The van der Waals surface area contributed by atoms with Crippen LogP contribution in [0.2, 0.25) is 5.02 Å². The van der Waals surface area contributed by atoms with Crippen molar-refractivity contribution in [2.75, 3.05) is 13.7 Å². The SMILES string of the molecule is CC(C)C[C@H](N)COc1ccc2c(c1)[nH]c(=O)c1cnccc12.COC(=O)c1cnccc1Cl. The Morgan fingerprint density at radius 2 is 1.82 bits per heavy atom. The van der Waals surface area contributed by atoms with Crippen molar-refractivity contribution in [3.63, 3.8) is 0 Å². The molecular weight excluding hydrogens is 456 g/mol. The van der Waals surface area contributed by atoms with Gasteiger partial charge in [0, 0.05) is 42.3 Å². The van der Waals surface area contributed by atoms with Gasteiger partial charge in [-0.05, 0) is 42.0 Å². The van der Waals surface area contributed by atoms with E-state index in [9.17, 15) is 9.59 Å². The fraction of sp³-hybridized carbons (Fsp3) is 0.280. The van der Waals surface area contributed by atoms with Crippen molar-refractivity contribution in [1.29, 1.82) is 0 Å². The molecule has 4 aromatic rings. The Hall–Kier alpha value is -3.49. The molecule has 3 N–H and O–H groups in total. The van der Waals surface area contributed by atoms with E-state index in [1.54, 1.807) is 12.4 Å². The molecule has 0 saturated carbocycles. The molecule has 3 heterocycles. The number of hydrogen-bond donors (Lipinski definition) is 2. The molecule has 0 bridgehead atoms. The zero-order chi connectivity index (χ0) is 24.7. The largest absolute Gasteiger partial charge is 0.492 e. The first-order valence-electron chi connectivity index (χ1n) is 10.8. The van der Waals surface area contributed by atoms with E-state index in [1.165, 1.54) is 25.6 Å². The zero-order valence-electron chi connectivity index (χ0n) is 19.2. The van der Waals surface area contributed by atoms with Crippen LogP contribution in [0.3, 0.4) is 0 Å². The summed E-state index contributed by atoms with van der Waals surface area (Å²) in [7, 11) is 1.30. The normalized spacial score (nSPS) is 11.7. The molecule has 1 aromatic carbocycles. The molecule has 3 aromatic heterocycles. The second-order valence-corrected chi connectivity index (χ2v) is 8.54. The second-order valence-electron chi connectivity index (χ2n) is 8.13. The number of nitrogens with two attached hydrogens (primary N) is 1. The Balaban J connectivity index is 0.000000248. The van der Waals surface area contributed by atoms with Crippen molar-refractivity contribution >= 4 is 39.2 Å². The Morgan fingerprint density at radius 3 is 2.53 bits per heavy atom. The molecule has 0 aliphatic carbocycles. The first-order valence-corrected chi connectivity index (χ1v) is 11.1. The molecule has 0 amide bonds. The highest BCUT2D eigenvalue weighted by Gasteiger charge is 2.10. The number of fused-ring (bicyclic) bond motifs is 3. The highest BCUT2D eigenvalue weighted by molar-refractivity contribution is 6.33. The number of carbonyl (C=O) groups excluding carboxylic acids is 1. The van der Waals surface area contributed by atoms with Crippen molar-refractivity contribution < 1.29 is 14.3 Å². The maximum Gasteiger partial charge on any atom is 0.340 e. The third-order valence-electron chi connectivity index (χ3n) is 5.01. The van der Waals surface area contributed by atoms with Crippen molar-refractivity contribution in [3.8, 4) is 5.75 Å². The van der Waals surface area contributed by atoms with Crippen LogP contribution in [-0.4, -0.2) is 40.7 Å². The van der Waals surface area contributed by atoms with Gasteiger partial charge in [-0.3, -0.25) is 14.8 Å². The summed E-state index contributed by atoms with van der Waals surface area (Å²) in [6.07, 6.45) is 7.07. The number of nitrogens with zero attached hydrogens (tertiary/aromatic N) is 2. The Morgan fingerprint density at radius 1 is 1.09 bits per heavy atom. The van der Waals surface area contributed by atoms with Crippen molar-refractivity contribution in [2.45, 2.75) is 26.3 Å². The molecule has 34 heavy (non-hydrogen) atoms. The summed E-state index contributed by atoms with van der Waals surface area (Å²) in [5, 5.41) is 2.81. The Bertz CT molecular complexity index is 1340. The van der Waals surface area contributed by atoms with Crippen molar-refractivity contribution in [3.05, 3.63) is 76.1 Å². The van der Waals surface area contributed by atoms with Crippen LogP contribution in [0, 0.1) is 5.92 Å². The summed E-state index contributed by atoms with van der Waals surface area (Å²) in [5.41, 5.74) is 6.94. The van der Waals surface area contributed by atoms with Gasteiger partial charge in [-0.25, -0.2) is 4.79 Å². The lowest BCUT2D eigenvalue weighted by molar-refractivity contribution is 0.0600. The molecule has 9 heteroatoms. The van der Waals surface area contributed by atoms with Gasteiger partial charge in [0.1, 0.15) is 12.4 Å². The predicted octanol–water partition coefficient (Wildman–Crippen LogP) is 4.35. The highest BCUT2D eigenvalue weighted by Crippen LogP contribution is 2.24. The van der Waals surface area contributed by atoms with E-state index in [-0.39, 0.29) is 17.2 Å². The molecule has 8 nitrogen and oxygen atoms in total. The first-order chi connectivity index (χ1) is 16.3. The molecule has 0 aliphatic rings. The fourth-order valence-electron chi connectivity index (χ4n) is 3.47. The van der Waals surface area contributed by atoms with Crippen LogP contribution in [-0.2, 0) is 4.74 Å². The number of H-pyrrole nitrogens is 1. The average molecular weight is 483 g/mol.